The van der Waals surface area contributed by atoms with Crippen molar-refractivity contribution in [2.45, 2.75) is 13.0 Å². The summed E-state index contributed by atoms with van der Waals surface area (Å²) >= 11 is 0. The minimum atomic E-state index is -3.47. The average molecular weight is 483 g/mol. The Hall–Kier alpha value is -3.68. The van der Waals surface area contributed by atoms with Crippen molar-refractivity contribution in [3.63, 3.8) is 0 Å². The van der Waals surface area contributed by atoms with Crippen LogP contribution in [0.25, 0.3) is 16.9 Å². The number of tetrazole rings is 1. The first-order valence-electron chi connectivity index (χ1n) is 10.6. The monoisotopic (exact) mass is 482 g/mol. The normalized spacial score (nSPS) is 14.9. The SMILES string of the molecule is Cc1ccc(-c2nnn(C3CN(S(=O)(=O)CCO)C3)n2)cc1NC(=O)c1cnn2ccccc12. The number of anilines is 1. The van der Waals surface area contributed by atoms with Gasteiger partial charge in [-0.15, -0.1) is 10.2 Å². The fourth-order valence-electron chi connectivity index (χ4n) is 3.72. The summed E-state index contributed by atoms with van der Waals surface area (Å²) in [7, 11) is -3.47. The summed E-state index contributed by atoms with van der Waals surface area (Å²) < 4.78 is 26.9. The summed E-state index contributed by atoms with van der Waals surface area (Å²) in [6.07, 6.45) is 3.30. The number of rotatable bonds is 7. The molecule has 4 aromatic rings. The van der Waals surface area contributed by atoms with Crippen molar-refractivity contribution in [3.8, 4) is 11.4 Å². The molecule has 0 spiro atoms. The largest absolute Gasteiger partial charge is 0.395 e. The fourth-order valence-corrected chi connectivity index (χ4v) is 5.01. The van der Waals surface area contributed by atoms with E-state index in [1.807, 2.05) is 37.3 Å². The fraction of sp³-hybridized carbons (Fsp3) is 0.286. The Morgan fingerprint density at radius 3 is 2.85 bits per heavy atom. The Bertz CT molecular complexity index is 1470. The molecule has 34 heavy (non-hydrogen) atoms. The van der Waals surface area contributed by atoms with Crippen LogP contribution in [0.3, 0.4) is 0 Å². The number of fused-ring (bicyclic) bond motifs is 1. The molecule has 3 aromatic heterocycles. The first kappa shape index (κ1) is 22.1. The molecular formula is C21H22N8O4S. The number of carbonyl (C=O) groups excluding carboxylic acids is 1. The predicted octanol–water partition coefficient (Wildman–Crippen LogP) is 0.727. The number of aromatic nitrogens is 6. The first-order chi connectivity index (χ1) is 16.4. The highest BCUT2D eigenvalue weighted by atomic mass is 32.2. The number of nitrogens with zero attached hydrogens (tertiary/aromatic N) is 7. The molecule has 12 nitrogen and oxygen atoms in total. The van der Waals surface area contributed by atoms with Gasteiger partial charge in [0.1, 0.15) is 6.04 Å². The standard InChI is InChI=1S/C21H22N8O4S/c1-14-5-6-15(10-18(14)23-21(31)17-11-22-28-7-3-2-4-19(17)28)20-24-26-29(25-20)16-12-27(13-16)34(32,33)9-8-30/h2-7,10-11,16,30H,8-9,12-13H2,1H3,(H,23,31). The van der Waals surface area contributed by atoms with E-state index < -0.39 is 16.6 Å². The molecule has 1 saturated heterocycles. The zero-order valence-corrected chi connectivity index (χ0v) is 19.1. The third-order valence-electron chi connectivity index (χ3n) is 5.74. The van der Waals surface area contributed by atoms with Crippen molar-refractivity contribution in [1.82, 2.24) is 34.1 Å². The summed E-state index contributed by atoms with van der Waals surface area (Å²) in [6.45, 7) is 1.93. The number of carbonyl (C=O) groups is 1. The number of pyridine rings is 1. The lowest BCUT2D eigenvalue weighted by Crippen LogP contribution is -2.52. The third-order valence-corrected chi connectivity index (χ3v) is 7.52. The van der Waals surface area contributed by atoms with Crippen LogP contribution in [0.15, 0.2) is 48.8 Å². The maximum absolute atomic E-state index is 12.9. The van der Waals surface area contributed by atoms with Crippen molar-refractivity contribution in [3.05, 3.63) is 59.9 Å². The molecule has 0 aliphatic carbocycles. The highest BCUT2D eigenvalue weighted by Crippen LogP contribution is 2.26. The molecule has 2 N–H and O–H groups in total. The molecule has 1 fully saturated rings. The minimum Gasteiger partial charge on any atom is -0.395 e. The van der Waals surface area contributed by atoms with Crippen LogP contribution >= 0.6 is 0 Å². The molecule has 0 bridgehead atoms. The Labute approximate surface area is 194 Å². The van der Waals surface area contributed by atoms with Crippen molar-refractivity contribution in [2.75, 3.05) is 30.8 Å². The van der Waals surface area contributed by atoms with Gasteiger partial charge in [0, 0.05) is 30.5 Å². The summed E-state index contributed by atoms with van der Waals surface area (Å²) in [5.74, 6) is -0.219. The Morgan fingerprint density at radius 1 is 1.24 bits per heavy atom. The van der Waals surface area contributed by atoms with E-state index in [9.17, 15) is 13.2 Å². The zero-order valence-electron chi connectivity index (χ0n) is 18.2. The van der Waals surface area contributed by atoms with Gasteiger partial charge in [-0.1, -0.05) is 18.2 Å². The summed E-state index contributed by atoms with van der Waals surface area (Å²) in [4.78, 5) is 14.3. The maximum Gasteiger partial charge on any atom is 0.259 e. The lowest BCUT2D eigenvalue weighted by Gasteiger charge is -2.36. The molecule has 4 heterocycles. The van der Waals surface area contributed by atoms with Gasteiger partial charge in [-0.2, -0.15) is 14.2 Å². The molecular weight excluding hydrogens is 460 g/mol. The van der Waals surface area contributed by atoms with Crippen LogP contribution in [-0.2, 0) is 10.0 Å². The second-order valence-electron chi connectivity index (χ2n) is 8.02. The van der Waals surface area contributed by atoms with Gasteiger partial charge in [0.15, 0.2) is 0 Å². The van der Waals surface area contributed by atoms with Crippen LogP contribution in [0.1, 0.15) is 22.0 Å². The Kier molecular flexibility index (Phi) is 5.59. The highest BCUT2D eigenvalue weighted by molar-refractivity contribution is 7.89. The molecule has 176 valence electrons. The predicted molar refractivity (Wildman–Crippen MR) is 123 cm³/mol. The van der Waals surface area contributed by atoms with Gasteiger partial charge in [0.05, 0.1) is 29.6 Å². The summed E-state index contributed by atoms with van der Waals surface area (Å²) in [5, 5.41) is 28.6. The van der Waals surface area contributed by atoms with E-state index in [0.717, 1.165) is 5.56 Å². The van der Waals surface area contributed by atoms with Crippen molar-refractivity contribution < 1.29 is 18.3 Å². The van der Waals surface area contributed by atoms with Crippen LogP contribution in [0.4, 0.5) is 5.69 Å². The number of aliphatic hydroxyl groups excluding tert-OH is 1. The number of aryl methyl sites for hydroxylation is 1. The van der Waals surface area contributed by atoms with E-state index in [0.29, 0.717) is 28.2 Å². The van der Waals surface area contributed by atoms with Crippen LogP contribution in [-0.4, -0.2) is 79.0 Å². The first-order valence-corrected chi connectivity index (χ1v) is 12.2. The number of hydrogen-bond donors (Lipinski definition) is 2. The summed E-state index contributed by atoms with van der Waals surface area (Å²) in [5.41, 5.74) is 3.30. The van der Waals surface area contributed by atoms with E-state index in [1.54, 1.807) is 16.8 Å². The molecule has 0 unspecified atom stereocenters. The van der Waals surface area contributed by atoms with E-state index in [1.165, 1.54) is 15.3 Å². The lowest BCUT2D eigenvalue weighted by atomic mass is 10.1. The second kappa shape index (κ2) is 8.59. The van der Waals surface area contributed by atoms with Gasteiger partial charge in [-0.05, 0) is 35.9 Å². The maximum atomic E-state index is 12.9. The summed E-state index contributed by atoms with van der Waals surface area (Å²) in [6, 6.07) is 10.7. The molecule has 1 aliphatic heterocycles. The molecule has 13 heteroatoms. The Balaban J connectivity index is 1.32. The number of benzene rings is 1. The number of amides is 1. The van der Waals surface area contributed by atoms with Crippen LogP contribution < -0.4 is 5.32 Å². The molecule has 1 amide bonds. The van der Waals surface area contributed by atoms with Gasteiger partial charge in [-0.25, -0.2) is 12.9 Å². The number of hydrogen-bond acceptors (Lipinski definition) is 8. The second-order valence-corrected chi connectivity index (χ2v) is 10.1. The molecule has 0 radical (unpaired) electrons. The van der Waals surface area contributed by atoms with Crippen molar-refractivity contribution in [1.29, 1.82) is 0 Å². The van der Waals surface area contributed by atoms with E-state index in [4.69, 9.17) is 5.11 Å². The van der Waals surface area contributed by atoms with E-state index in [-0.39, 0.29) is 30.8 Å². The molecule has 0 saturated carbocycles. The topological polar surface area (TPSA) is 148 Å². The average Bonchev–Trinajstić information content (AvgIpc) is 3.41. The van der Waals surface area contributed by atoms with Gasteiger partial charge in [0.2, 0.25) is 15.8 Å². The zero-order chi connectivity index (χ0) is 23.9. The van der Waals surface area contributed by atoms with Gasteiger partial charge >= 0.3 is 0 Å². The molecule has 1 aliphatic rings. The highest BCUT2D eigenvalue weighted by Gasteiger charge is 2.37. The van der Waals surface area contributed by atoms with E-state index >= 15 is 0 Å². The number of aliphatic hydroxyl groups is 1. The number of nitrogens with one attached hydrogen (secondary N) is 1. The van der Waals surface area contributed by atoms with Gasteiger partial charge in [-0.3, -0.25) is 4.79 Å². The van der Waals surface area contributed by atoms with Crippen LogP contribution in [0.5, 0.6) is 0 Å². The number of sulfonamides is 1. The smallest absolute Gasteiger partial charge is 0.259 e. The Morgan fingerprint density at radius 2 is 2.06 bits per heavy atom. The van der Waals surface area contributed by atoms with Crippen molar-refractivity contribution in [2.24, 2.45) is 0 Å². The third kappa shape index (κ3) is 4.04. The molecule has 5 rings (SSSR count). The van der Waals surface area contributed by atoms with Crippen LogP contribution in [0.2, 0.25) is 0 Å². The van der Waals surface area contributed by atoms with E-state index in [2.05, 4.69) is 25.8 Å². The molecule has 1 aromatic carbocycles. The minimum absolute atomic E-state index is 0.227. The van der Waals surface area contributed by atoms with Crippen LogP contribution in [0, 0.1) is 6.92 Å². The lowest BCUT2D eigenvalue weighted by molar-refractivity contribution is 0.102. The quantitative estimate of drug-likeness (QED) is 0.392. The molecule has 0 atom stereocenters. The van der Waals surface area contributed by atoms with Gasteiger partial charge in [0.25, 0.3) is 5.91 Å². The van der Waals surface area contributed by atoms with Gasteiger partial charge < -0.3 is 10.4 Å². The van der Waals surface area contributed by atoms with Crippen molar-refractivity contribution >= 4 is 27.1 Å².